The Morgan fingerprint density at radius 1 is 1.24 bits per heavy atom. The molecule has 0 bridgehead atoms. The molecule has 10 nitrogen and oxygen atoms in total. The zero-order valence-electron chi connectivity index (χ0n) is 17.5. The van der Waals surface area contributed by atoms with Gasteiger partial charge < -0.3 is 15.0 Å². The molecule has 33 heavy (non-hydrogen) atoms. The summed E-state index contributed by atoms with van der Waals surface area (Å²) in [4.78, 5) is 25.7. The molecule has 1 saturated carbocycles. The number of amides is 1. The molecule has 15 heteroatoms. The number of hydrogen-bond donors (Lipinski definition) is 3. The SMILES string of the molecule is O=C(NC1CCC(NS(=O)(=O)CCC(F)(F)F)CC1)O[C@@H]1CCN(c2cn[nH]c(=O)c2Cl)C1. The highest BCUT2D eigenvalue weighted by Crippen LogP contribution is 2.26. The Labute approximate surface area is 193 Å². The number of rotatable bonds is 7. The van der Waals surface area contributed by atoms with Crippen molar-refractivity contribution in [3.8, 4) is 0 Å². The van der Waals surface area contributed by atoms with Gasteiger partial charge in [-0.15, -0.1) is 0 Å². The maximum atomic E-state index is 12.3. The summed E-state index contributed by atoms with van der Waals surface area (Å²) in [5, 5.41) is 8.73. The number of alkyl halides is 3. The number of nitrogens with zero attached hydrogens (tertiary/aromatic N) is 2. The number of nitrogens with one attached hydrogen (secondary N) is 3. The van der Waals surface area contributed by atoms with Crippen molar-refractivity contribution in [2.75, 3.05) is 23.7 Å². The highest BCUT2D eigenvalue weighted by atomic mass is 35.5. The second kappa shape index (κ2) is 10.5. The Bertz CT molecular complexity index is 998. The molecule has 3 rings (SSSR count). The smallest absolute Gasteiger partial charge is 0.407 e. The summed E-state index contributed by atoms with van der Waals surface area (Å²) in [6.07, 6.45) is -3.25. The van der Waals surface area contributed by atoms with E-state index in [9.17, 15) is 31.2 Å². The lowest BCUT2D eigenvalue weighted by Gasteiger charge is -2.29. The molecule has 0 unspecified atom stereocenters. The van der Waals surface area contributed by atoms with Crippen LogP contribution in [0.3, 0.4) is 0 Å². The van der Waals surface area contributed by atoms with Gasteiger partial charge in [0.25, 0.3) is 5.56 Å². The number of ether oxygens (including phenoxy) is 1. The minimum atomic E-state index is -4.53. The van der Waals surface area contributed by atoms with Crippen LogP contribution in [0.1, 0.15) is 38.5 Å². The van der Waals surface area contributed by atoms with Crippen LogP contribution in [0.4, 0.5) is 23.7 Å². The van der Waals surface area contributed by atoms with E-state index in [2.05, 4.69) is 20.2 Å². The van der Waals surface area contributed by atoms with Crippen molar-refractivity contribution >= 4 is 33.4 Å². The predicted molar refractivity (Wildman–Crippen MR) is 114 cm³/mol. The van der Waals surface area contributed by atoms with Crippen molar-refractivity contribution < 1.29 is 31.1 Å². The van der Waals surface area contributed by atoms with Crippen LogP contribution in [-0.2, 0) is 14.8 Å². The zero-order chi connectivity index (χ0) is 24.2. The zero-order valence-corrected chi connectivity index (χ0v) is 19.1. The number of aromatic nitrogens is 2. The third-order valence-corrected chi connectivity index (χ3v) is 7.39. The summed E-state index contributed by atoms with van der Waals surface area (Å²) in [5.74, 6) is -1.00. The second-order valence-corrected chi connectivity index (χ2v) is 10.4. The maximum absolute atomic E-state index is 12.3. The lowest BCUT2D eigenvalue weighted by atomic mass is 9.92. The summed E-state index contributed by atoms with van der Waals surface area (Å²) >= 11 is 6.01. The Morgan fingerprint density at radius 3 is 2.58 bits per heavy atom. The quantitative estimate of drug-likeness (QED) is 0.505. The topological polar surface area (TPSA) is 133 Å². The van der Waals surface area contributed by atoms with E-state index in [4.69, 9.17) is 16.3 Å². The molecule has 1 atom stereocenters. The molecule has 2 aliphatic rings. The largest absolute Gasteiger partial charge is 0.444 e. The average Bonchev–Trinajstić information content (AvgIpc) is 3.17. The van der Waals surface area contributed by atoms with Crippen LogP contribution >= 0.6 is 11.6 Å². The van der Waals surface area contributed by atoms with E-state index in [1.165, 1.54) is 6.20 Å². The molecule has 0 radical (unpaired) electrons. The minimum Gasteiger partial charge on any atom is -0.444 e. The van der Waals surface area contributed by atoms with Crippen LogP contribution in [0, 0.1) is 0 Å². The Hall–Kier alpha value is -2.06. The van der Waals surface area contributed by atoms with Gasteiger partial charge in [-0.3, -0.25) is 4.79 Å². The average molecular weight is 516 g/mol. The van der Waals surface area contributed by atoms with Gasteiger partial charge in [-0.25, -0.2) is 23.0 Å². The number of carbonyl (C=O) groups is 1. The van der Waals surface area contributed by atoms with Crippen LogP contribution in [0.5, 0.6) is 0 Å². The monoisotopic (exact) mass is 515 g/mol. The molecular weight excluding hydrogens is 491 g/mol. The fourth-order valence-corrected chi connectivity index (χ4v) is 5.48. The van der Waals surface area contributed by atoms with Crippen LogP contribution in [0.2, 0.25) is 5.02 Å². The normalized spacial score (nSPS) is 24.0. The van der Waals surface area contributed by atoms with Gasteiger partial charge in [-0.05, 0) is 25.7 Å². The van der Waals surface area contributed by atoms with E-state index in [1.807, 2.05) is 0 Å². The summed E-state index contributed by atoms with van der Waals surface area (Å²) < 4.78 is 68.2. The van der Waals surface area contributed by atoms with Crippen LogP contribution in [0.25, 0.3) is 0 Å². The summed E-state index contributed by atoms with van der Waals surface area (Å²) in [6, 6.07) is -0.690. The molecule has 0 spiro atoms. The molecule has 1 aliphatic carbocycles. The molecule has 1 aromatic rings. The van der Waals surface area contributed by atoms with Crippen molar-refractivity contribution in [1.29, 1.82) is 0 Å². The molecule has 1 amide bonds. The molecule has 3 N–H and O–H groups in total. The summed E-state index contributed by atoms with van der Waals surface area (Å²) in [6.45, 7) is 0.882. The third kappa shape index (κ3) is 7.74. The highest BCUT2D eigenvalue weighted by Gasteiger charge is 2.32. The first-order valence-electron chi connectivity index (χ1n) is 10.4. The highest BCUT2D eigenvalue weighted by molar-refractivity contribution is 7.89. The Morgan fingerprint density at radius 2 is 1.91 bits per heavy atom. The minimum absolute atomic E-state index is 0.0147. The van der Waals surface area contributed by atoms with Crippen LogP contribution < -0.4 is 20.5 Å². The van der Waals surface area contributed by atoms with Crippen molar-refractivity contribution in [2.24, 2.45) is 0 Å². The molecular formula is C18H25ClF3N5O5S. The van der Waals surface area contributed by atoms with Crippen molar-refractivity contribution in [2.45, 2.75) is 62.9 Å². The van der Waals surface area contributed by atoms with Gasteiger partial charge in [0.2, 0.25) is 10.0 Å². The van der Waals surface area contributed by atoms with Gasteiger partial charge in [0, 0.05) is 25.0 Å². The fraction of sp³-hybridized carbons (Fsp3) is 0.722. The lowest BCUT2D eigenvalue weighted by Crippen LogP contribution is -2.45. The molecule has 0 aromatic carbocycles. The lowest BCUT2D eigenvalue weighted by molar-refractivity contribution is -0.130. The molecule has 2 fully saturated rings. The molecule has 1 aromatic heterocycles. The van der Waals surface area contributed by atoms with E-state index in [0.29, 0.717) is 50.9 Å². The van der Waals surface area contributed by atoms with Crippen molar-refractivity contribution in [1.82, 2.24) is 20.2 Å². The Kier molecular flexibility index (Phi) is 8.11. The van der Waals surface area contributed by atoms with E-state index >= 15 is 0 Å². The molecule has 1 aliphatic heterocycles. The number of hydrogen-bond acceptors (Lipinski definition) is 7. The summed E-state index contributed by atoms with van der Waals surface area (Å²) in [7, 11) is -4.03. The predicted octanol–water partition coefficient (Wildman–Crippen LogP) is 1.91. The Balaban J connectivity index is 1.39. The van der Waals surface area contributed by atoms with Crippen LogP contribution in [-0.4, -0.2) is 67.9 Å². The number of sulfonamides is 1. The second-order valence-electron chi connectivity index (χ2n) is 8.16. The number of H-pyrrole nitrogens is 1. The van der Waals surface area contributed by atoms with Crippen LogP contribution in [0.15, 0.2) is 11.0 Å². The van der Waals surface area contributed by atoms with Gasteiger partial charge in [-0.2, -0.15) is 18.3 Å². The number of aromatic amines is 1. The number of anilines is 1. The van der Waals surface area contributed by atoms with E-state index < -0.39 is 52.2 Å². The van der Waals surface area contributed by atoms with Crippen molar-refractivity contribution in [3.63, 3.8) is 0 Å². The van der Waals surface area contributed by atoms with E-state index in [0.717, 1.165) is 0 Å². The van der Waals surface area contributed by atoms with Gasteiger partial charge in [0.1, 0.15) is 11.1 Å². The third-order valence-electron chi connectivity index (χ3n) is 5.59. The first kappa shape index (κ1) is 25.6. The van der Waals surface area contributed by atoms with E-state index in [-0.39, 0.29) is 11.1 Å². The van der Waals surface area contributed by atoms with Gasteiger partial charge in [0.15, 0.2) is 0 Å². The standard InChI is InChI=1S/C18H25ClF3N5O5S/c19-15-14(9-23-25-16(15)28)27-7-5-13(10-27)32-17(29)24-11-1-3-12(4-2-11)26-33(30,31)8-6-18(20,21)22/h9,11-13,26H,1-8,10H2,(H,24,29)(H,25,28)/t11?,12?,13-/m1/s1. The van der Waals surface area contributed by atoms with Crippen molar-refractivity contribution in [3.05, 3.63) is 21.6 Å². The first-order chi connectivity index (χ1) is 15.4. The van der Waals surface area contributed by atoms with Gasteiger partial charge >= 0.3 is 12.3 Å². The maximum Gasteiger partial charge on any atom is 0.407 e. The van der Waals surface area contributed by atoms with E-state index in [1.54, 1.807) is 4.90 Å². The number of alkyl carbamates (subject to hydrolysis) is 1. The molecule has 1 saturated heterocycles. The summed E-state index contributed by atoms with van der Waals surface area (Å²) in [5.41, 5.74) is -0.0440. The van der Waals surface area contributed by atoms with Gasteiger partial charge in [-0.1, -0.05) is 11.6 Å². The molecule has 186 valence electrons. The number of carbonyl (C=O) groups excluding carboxylic acids is 1. The van der Waals surface area contributed by atoms with Gasteiger partial charge in [0.05, 0.1) is 30.6 Å². The fourth-order valence-electron chi connectivity index (χ4n) is 3.91. The number of halogens is 4. The molecule has 2 heterocycles. The first-order valence-corrected chi connectivity index (χ1v) is 12.5.